The van der Waals surface area contributed by atoms with Crippen LogP contribution in [0.1, 0.15) is 29.8 Å². The Balaban J connectivity index is 1.74. The quantitative estimate of drug-likeness (QED) is 0.869. The third kappa shape index (κ3) is 3.93. The number of nitrogens with zero attached hydrogens (tertiary/aromatic N) is 2. The third-order valence-electron chi connectivity index (χ3n) is 3.58. The van der Waals surface area contributed by atoms with Gasteiger partial charge in [0.1, 0.15) is 0 Å². The fourth-order valence-electron chi connectivity index (χ4n) is 2.34. The van der Waals surface area contributed by atoms with Crippen LogP contribution in [0.3, 0.4) is 0 Å². The molecule has 0 spiro atoms. The number of aromatic nitrogens is 1. The minimum atomic E-state index is -0.770. The van der Waals surface area contributed by atoms with Gasteiger partial charge in [-0.05, 0) is 25.7 Å². The maximum Gasteiger partial charge on any atom is 0.317 e. The first kappa shape index (κ1) is 14.8. The van der Waals surface area contributed by atoms with Crippen LogP contribution in [0.5, 0.6) is 0 Å². The maximum absolute atomic E-state index is 12.0. The lowest BCUT2D eigenvalue weighted by Crippen LogP contribution is -2.38. The Morgan fingerprint density at radius 1 is 1.60 bits per heavy atom. The Morgan fingerprint density at radius 3 is 3.05 bits per heavy atom. The average molecular weight is 297 g/mol. The molecule has 2 rings (SSSR count). The number of thiazole rings is 1. The minimum absolute atomic E-state index is 0.0735. The van der Waals surface area contributed by atoms with E-state index in [2.05, 4.69) is 10.3 Å². The van der Waals surface area contributed by atoms with Crippen LogP contribution in [0.15, 0.2) is 5.51 Å². The number of hydrogen-bond donors (Lipinski definition) is 2. The summed E-state index contributed by atoms with van der Waals surface area (Å²) in [5.74, 6) is -0.462. The molecule has 1 fully saturated rings. The summed E-state index contributed by atoms with van der Waals surface area (Å²) in [6.07, 6.45) is 1.72. The highest BCUT2D eigenvalue weighted by Crippen LogP contribution is 2.21. The van der Waals surface area contributed by atoms with Gasteiger partial charge in [-0.15, -0.1) is 11.3 Å². The second-order valence-corrected chi connectivity index (χ2v) is 5.99. The van der Waals surface area contributed by atoms with Crippen LogP contribution in [0.4, 0.5) is 4.79 Å². The van der Waals surface area contributed by atoms with Crippen LogP contribution < -0.4 is 5.32 Å². The molecular formula is C13H19N3O3S. The van der Waals surface area contributed by atoms with E-state index in [-0.39, 0.29) is 12.5 Å². The number of amides is 2. The van der Waals surface area contributed by atoms with Gasteiger partial charge < -0.3 is 15.3 Å². The number of hydrogen-bond acceptors (Lipinski definition) is 4. The molecule has 1 unspecified atom stereocenters. The normalized spacial score (nSPS) is 18.2. The predicted octanol–water partition coefficient (Wildman–Crippen LogP) is 1.85. The number of carbonyl (C=O) groups excluding carboxylic acids is 1. The molecule has 1 aliphatic heterocycles. The number of nitrogens with one attached hydrogen (secondary N) is 1. The van der Waals surface area contributed by atoms with Crippen molar-refractivity contribution in [3.05, 3.63) is 16.1 Å². The molecule has 2 amide bonds. The molecule has 1 saturated heterocycles. The Morgan fingerprint density at radius 2 is 2.40 bits per heavy atom. The monoisotopic (exact) mass is 297 g/mol. The van der Waals surface area contributed by atoms with Gasteiger partial charge in [-0.1, -0.05) is 0 Å². The summed E-state index contributed by atoms with van der Waals surface area (Å²) in [7, 11) is 0. The lowest BCUT2D eigenvalue weighted by atomic mass is 10.0. The Labute approximate surface area is 121 Å². The molecule has 2 heterocycles. The van der Waals surface area contributed by atoms with Gasteiger partial charge in [0.15, 0.2) is 0 Å². The molecule has 0 aromatic carbocycles. The summed E-state index contributed by atoms with van der Waals surface area (Å²) in [5.41, 5.74) is 2.73. The van der Waals surface area contributed by atoms with Gasteiger partial charge in [0.25, 0.3) is 0 Å². The summed E-state index contributed by atoms with van der Waals surface area (Å²) >= 11 is 1.54. The summed E-state index contributed by atoms with van der Waals surface area (Å²) in [5, 5.41) is 11.6. The molecule has 2 N–H and O–H groups in total. The highest BCUT2D eigenvalue weighted by Gasteiger charge is 2.26. The summed E-state index contributed by atoms with van der Waals surface area (Å²) in [6.45, 7) is 3.79. The molecule has 20 heavy (non-hydrogen) atoms. The molecule has 0 bridgehead atoms. The van der Waals surface area contributed by atoms with E-state index >= 15 is 0 Å². The van der Waals surface area contributed by atoms with Gasteiger partial charge in [0.05, 0.1) is 17.7 Å². The number of carboxylic acid groups (broad SMARTS) is 1. The van der Waals surface area contributed by atoms with Crippen LogP contribution >= 0.6 is 11.3 Å². The van der Waals surface area contributed by atoms with E-state index in [0.29, 0.717) is 32.0 Å². The van der Waals surface area contributed by atoms with Crippen LogP contribution in [-0.2, 0) is 11.3 Å². The van der Waals surface area contributed by atoms with Crippen LogP contribution in [0.25, 0.3) is 0 Å². The molecule has 1 aromatic heterocycles. The number of urea groups is 1. The number of carboxylic acids is 1. The van der Waals surface area contributed by atoms with Crippen molar-refractivity contribution in [3.8, 4) is 0 Å². The van der Waals surface area contributed by atoms with E-state index in [4.69, 9.17) is 5.11 Å². The summed E-state index contributed by atoms with van der Waals surface area (Å²) < 4.78 is 0. The molecule has 0 radical (unpaired) electrons. The molecule has 1 aromatic rings. The topological polar surface area (TPSA) is 82.5 Å². The molecule has 1 aliphatic rings. The van der Waals surface area contributed by atoms with E-state index in [1.165, 1.54) is 11.3 Å². The maximum atomic E-state index is 12.0. The van der Waals surface area contributed by atoms with Crippen molar-refractivity contribution in [2.45, 2.75) is 32.7 Å². The van der Waals surface area contributed by atoms with Crippen LogP contribution in [0, 0.1) is 12.8 Å². The lowest BCUT2D eigenvalue weighted by molar-refractivity contribution is -0.137. The van der Waals surface area contributed by atoms with E-state index in [1.807, 2.05) is 6.92 Å². The molecule has 7 heteroatoms. The zero-order valence-corrected chi connectivity index (χ0v) is 12.3. The average Bonchev–Trinajstić information content (AvgIpc) is 3.02. The van der Waals surface area contributed by atoms with Crippen molar-refractivity contribution in [2.24, 2.45) is 5.92 Å². The Kier molecular flexibility index (Phi) is 4.94. The summed E-state index contributed by atoms with van der Waals surface area (Å²) in [6, 6.07) is -0.0735. The number of rotatable bonds is 5. The van der Waals surface area contributed by atoms with Gasteiger partial charge in [0.2, 0.25) is 0 Å². The first-order valence-corrected chi connectivity index (χ1v) is 7.57. The fraction of sp³-hybridized carbons (Fsp3) is 0.615. The predicted molar refractivity (Wildman–Crippen MR) is 75.6 cm³/mol. The number of carbonyl (C=O) groups is 2. The zero-order chi connectivity index (χ0) is 14.5. The number of aryl methyl sites for hydroxylation is 1. The second kappa shape index (κ2) is 6.69. The van der Waals surface area contributed by atoms with Gasteiger partial charge in [-0.3, -0.25) is 4.79 Å². The highest BCUT2D eigenvalue weighted by atomic mass is 32.1. The van der Waals surface area contributed by atoms with Crippen LogP contribution in [-0.4, -0.2) is 40.1 Å². The van der Waals surface area contributed by atoms with E-state index in [1.54, 1.807) is 10.4 Å². The molecule has 1 atom stereocenters. The first-order chi connectivity index (χ1) is 9.56. The molecule has 110 valence electrons. The smallest absolute Gasteiger partial charge is 0.317 e. The zero-order valence-electron chi connectivity index (χ0n) is 11.5. The van der Waals surface area contributed by atoms with Crippen LogP contribution in [0.2, 0.25) is 0 Å². The minimum Gasteiger partial charge on any atom is -0.481 e. The van der Waals surface area contributed by atoms with Crippen molar-refractivity contribution in [1.29, 1.82) is 0 Å². The van der Waals surface area contributed by atoms with Gasteiger partial charge in [0, 0.05) is 24.4 Å². The van der Waals surface area contributed by atoms with Gasteiger partial charge in [-0.2, -0.15) is 0 Å². The van der Waals surface area contributed by atoms with Crippen molar-refractivity contribution < 1.29 is 14.7 Å². The molecule has 6 nitrogen and oxygen atoms in total. The third-order valence-corrected chi connectivity index (χ3v) is 4.52. The van der Waals surface area contributed by atoms with Crippen molar-refractivity contribution >= 4 is 23.3 Å². The Hall–Kier alpha value is -1.63. The largest absolute Gasteiger partial charge is 0.481 e. The van der Waals surface area contributed by atoms with E-state index in [9.17, 15) is 9.59 Å². The summed E-state index contributed by atoms with van der Waals surface area (Å²) in [4.78, 5) is 29.5. The van der Waals surface area contributed by atoms with Gasteiger partial charge in [-0.25, -0.2) is 9.78 Å². The molecule has 0 saturated carbocycles. The van der Waals surface area contributed by atoms with Gasteiger partial charge >= 0.3 is 12.0 Å². The van der Waals surface area contributed by atoms with Crippen molar-refractivity contribution in [1.82, 2.24) is 15.2 Å². The first-order valence-electron chi connectivity index (χ1n) is 6.69. The standard InChI is InChI=1S/C13H19N3O3S/c1-9-11(20-8-15-9)6-14-13(19)16-5-4-10(7-16)2-3-12(17)18/h8,10H,2-7H2,1H3,(H,14,19)(H,17,18). The fourth-order valence-corrected chi connectivity index (χ4v) is 3.06. The Bertz CT molecular complexity index is 489. The number of likely N-dealkylation sites (tertiary alicyclic amines) is 1. The molecule has 0 aliphatic carbocycles. The second-order valence-electron chi connectivity index (χ2n) is 5.05. The number of aliphatic carboxylic acids is 1. The van der Waals surface area contributed by atoms with Crippen molar-refractivity contribution in [2.75, 3.05) is 13.1 Å². The van der Waals surface area contributed by atoms with Crippen molar-refractivity contribution in [3.63, 3.8) is 0 Å². The van der Waals surface area contributed by atoms with E-state index < -0.39 is 5.97 Å². The SMILES string of the molecule is Cc1ncsc1CNC(=O)N1CCC(CCC(=O)O)C1. The lowest BCUT2D eigenvalue weighted by Gasteiger charge is -2.17. The molecular weight excluding hydrogens is 278 g/mol. The van der Waals surface area contributed by atoms with E-state index in [0.717, 1.165) is 17.0 Å². The highest BCUT2D eigenvalue weighted by molar-refractivity contribution is 7.09.